The Morgan fingerprint density at radius 3 is 2.38 bits per heavy atom. The summed E-state index contributed by atoms with van der Waals surface area (Å²) in [5, 5.41) is 6.54. The van der Waals surface area contributed by atoms with E-state index in [4.69, 9.17) is 4.52 Å². The van der Waals surface area contributed by atoms with E-state index in [2.05, 4.69) is 10.5 Å². The average molecular weight is 485 g/mol. The fourth-order valence-corrected chi connectivity index (χ4v) is 5.20. The van der Waals surface area contributed by atoms with Gasteiger partial charge < -0.3 is 14.7 Å². The smallest absolute Gasteiger partial charge is 0.243 e. The largest absolute Gasteiger partial charge is 0.367 e. The highest BCUT2D eigenvalue weighted by Crippen LogP contribution is 2.25. The number of anilines is 2. The molecule has 1 amide bonds. The molecule has 0 spiro atoms. The zero-order valence-corrected chi connectivity index (χ0v) is 19.7. The number of carbonyl (C=O) groups excluding carboxylic acids is 1. The van der Waals surface area contributed by atoms with Crippen LogP contribution < -0.4 is 10.2 Å². The number of benzene rings is 2. The molecule has 0 bridgehead atoms. The van der Waals surface area contributed by atoms with Crippen molar-refractivity contribution < 1.29 is 22.1 Å². The molecule has 10 heteroatoms. The van der Waals surface area contributed by atoms with Gasteiger partial charge in [-0.15, -0.1) is 0 Å². The van der Waals surface area contributed by atoms with E-state index >= 15 is 0 Å². The van der Waals surface area contributed by atoms with Crippen molar-refractivity contribution in [3.05, 3.63) is 71.4 Å². The monoisotopic (exact) mass is 484 g/mol. The molecule has 1 saturated heterocycles. The number of amides is 1. The van der Waals surface area contributed by atoms with Crippen molar-refractivity contribution >= 4 is 39.5 Å². The number of sulfonamides is 1. The second kappa shape index (κ2) is 9.78. The summed E-state index contributed by atoms with van der Waals surface area (Å²) in [5.41, 5.74) is 2.30. The molecule has 0 atom stereocenters. The van der Waals surface area contributed by atoms with Gasteiger partial charge in [0.15, 0.2) is 5.76 Å². The van der Waals surface area contributed by atoms with Crippen LogP contribution in [0.15, 0.2) is 57.9 Å². The SMILES string of the molecule is CC(=O)Nc1c(C)noc1/C=C\c1ccc(S(=O)(=O)N2CCN(c3ccccc3F)CC2)cc1. The summed E-state index contributed by atoms with van der Waals surface area (Å²) >= 11 is 0. The Bertz CT molecular complexity index is 1310. The van der Waals surface area contributed by atoms with E-state index in [1.54, 1.807) is 61.5 Å². The molecule has 178 valence electrons. The van der Waals surface area contributed by atoms with E-state index < -0.39 is 10.0 Å². The molecule has 2 aromatic carbocycles. The number of rotatable bonds is 6. The van der Waals surface area contributed by atoms with Crippen molar-refractivity contribution in [1.82, 2.24) is 9.46 Å². The molecule has 8 nitrogen and oxygen atoms in total. The minimum atomic E-state index is -3.67. The number of aryl methyl sites for hydroxylation is 1. The van der Waals surface area contributed by atoms with E-state index in [9.17, 15) is 17.6 Å². The third-order valence-electron chi connectivity index (χ3n) is 5.57. The molecule has 4 rings (SSSR count). The van der Waals surface area contributed by atoms with Crippen LogP contribution in [-0.2, 0) is 14.8 Å². The first-order chi connectivity index (χ1) is 16.3. The summed E-state index contributed by atoms with van der Waals surface area (Å²) in [7, 11) is -3.67. The maximum absolute atomic E-state index is 14.1. The van der Waals surface area contributed by atoms with Crippen LogP contribution in [0.25, 0.3) is 12.2 Å². The fourth-order valence-electron chi connectivity index (χ4n) is 3.78. The lowest BCUT2D eigenvalue weighted by Gasteiger charge is -2.35. The summed E-state index contributed by atoms with van der Waals surface area (Å²) in [6.07, 6.45) is 3.41. The molecule has 0 unspecified atom stereocenters. The van der Waals surface area contributed by atoms with E-state index in [0.29, 0.717) is 35.9 Å². The topological polar surface area (TPSA) is 95.8 Å². The zero-order valence-electron chi connectivity index (χ0n) is 18.9. The normalized spacial score (nSPS) is 15.1. The maximum Gasteiger partial charge on any atom is 0.243 e. The van der Waals surface area contributed by atoms with Crippen molar-refractivity contribution in [2.45, 2.75) is 18.7 Å². The molecule has 1 aliphatic rings. The van der Waals surface area contributed by atoms with Crippen molar-refractivity contribution in [1.29, 1.82) is 0 Å². The number of carbonyl (C=O) groups is 1. The van der Waals surface area contributed by atoms with E-state index in [1.165, 1.54) is 17.3 Å². The Balaban J connectivity index is 1.43. The Morgan fingerprint density at radius 1 is 1.06 bits per heavy atom. The lowest BCUT2D eigenvalue weighted by molar-refractivity contribution is -0.114. The number of aromatic nitrogens is 1. The molecule has 0 radical (unpaired) electrons. The highest BCUT2D eigenvalue weighted by Gasteiger charge is 2.29. The first kappa shape index (κ1) is 23.7. The Hall–Kier alpha value is -3.50. The summed E-state index contributed by atoms with van der Waals surface area (Å²) in [6, 6.07) is 13.0. The van der Waals surface area contributed by atoms with E-state index in [1.807, 2.05) is 4.90 Å². The van der Waals surface area contributed by atoms with E-state index in [0.717, 1.165) is 5.56 Å². The number of nitrogens with zero attached hydrogens (tertiary/aromatic N) is 3. The Kier molecular flexibility index (Phi) is 6.80. The van der Waals surface area contributed by atoms with Gasteiger partial charge in [-0.1, -0.05) is 35.5 Å². The number of hydrogen-bond donors (Lipinski definition) is 1. The molecule has 1 N–H and O–H groups in total. The number of hydrogen-bond acceptors (Lipinski definition) is 6. The van der Waals surface area contributed by atoms with Gasteiger partial charge in [0.1, 0.15) is 17.2 Å². The molecule has 2 heterocycles. The summed E-state index contributed by atoms with van der Waals surface area (Å²) in [5.74, 6) is -0.144. The van der Waals surface area contributed by atoms with Gasteiger partial charge in [-0.3, -0.25) is 4.79 Å². The van der Waals surface area contributed by atoms with Crippen LogP contribution in [0.4, 0.5) is 15.8 Å². The van der Waals surface area contributed by atoms with Gasteiger partial charge in [-0.05, 0) is 42.8 Å². The van der Waals surface area contributed by atoms with Crippen LogP contribution in [0.1, 0.15) is 23.9 Å². The minimum Gasteiger partial charge on any atom is -0.367 e. The van der Waals surface area contributed by atoms with Crippen LogP contribution in [-0.4, -0.2) is 50.0 Å². The van der Waals surface area contributed by atoms with Gasteiger partial charge in [-0.25, -0.2) is 12.8 Å². The number of halogens is 1. The standard InChI is InChI=1S/C24H25FN4O4S/c1-17-24(26-18(2)30)23(33-27-17)12-9-19-7-10-20(11-8-19)34(31,32)29-15-13-28(14-16-29)22-6-4-3-5-21(22)25/h3-12H,13-16H2,1-2H3,(H,26,30)/b12-9-. The molecule has 0 aliphatic carbocycles. The molecule has 1 fully saturated rings. The van der Waals surface area contributed by atoms with Crippen LogP contribution in [0.2, 0.25) is 0 Å². The fraction of sp³-hybridized carbons (Fsp3) is 0.250. The van der Waals surface area contributed by atoms with Gasteiger partial charge in [0.05, 0.1) is 10.6 Å². The van der Waals surface area contributed by atoms with Crippen LogP contribution >= 0.6 is 0 Å². The molecule has 0 saturated carbocycles. The van der Waals surface area contributed by atoms with Crippen molar-refractivity contribution in [2.24, 2.45) is 0 Å². The second-order valence-electron chi connectivity index (χ2n) is 7.93. The number of para-hydroxylation sites is 1. The number of piperazine rings is 1. The third kappa shape index (κ3) is 5.02. The highest BCUT2D eigenvalue weighted by molar-refractivity contribution is 7.89. The van der Waals surface area contributed by atoms with Gasteiger partial charge in [0.25, 0.3) is 0 Å². The van der Waals surface area contributed by atoms with Crippen molar-refractivity contribution in [3.63, 3.8) is 0 Å². The summed E-state index contributed by atoms with van der Waals surface area (Å²) in [6.45, 7) is 4.49. The van der Waals surface area contributed by atoms with E-state index in [-0.39, 0.29) is 29.7 Å². The van der Waals surface area contributed by atoms with Gasteiger partial charge in [-0.2, -0.15) is 4.31 Å². The Labute approximate surface area is 197 Å². The molecular weight excluding hydrogens is 459 g/mol. The third-order valence-corrected chi connectivity index (χ3v) is 7.48. The molecule has 1 aliphatic heterocycles. The zero-order chi connectivity index (χ0) is 24.3. The molecular formula is C24H25FN4O4S. The van der Waals surface area contributed by atoms with Crippen LogP contribution in [0.3, 0.4) is 0 Å². The van der Waals surface area contributed by atoms with Gasteiger partial charge >= 0.3 is 0 Å². The molecule has 34 heavy (non-hydrogen) atoms. The summed E-state index contributed by atoms with van der Waals surface area (Å²) in [4.78, 5) is 13.4. The second-order valence-corrected chi connectivity index (χ2v) is 9.87. The maximum atomic E-state index is 14.1. The van der Waals surface area contributed by atoms with Crippen LogP contribution in [0.5, 0.6) is 0 Å². The quantitative estimate of drug-likeness (QED) is 0.572. The van der Waals surface area contributed by atoms with Gasteiger partial charge in [0.2, 0.25) is 15.9 Å². The lowest BCUT2D eigenvalue weighted by Crippen LogP contribution is -2.48. The number of nitrogens with one attached hydrogen (secondary N) is 1. The first-order valence-electron chi connectivity index (χ1n) is 10.8. The lowest BCUT2D eigenvalue weighted by atomic mass is 10.2. The average Bonchev–Trinajstić information content (AvgIpc) is 3.17. The predicted molar refractivity (Wildman–Crippen MR) is 128 cm³/mol. The predicted octanol–water partition coefficient (Wildman–Crippen LogP) is 3.76. The molecule has 3 aromatic rings. The van der Waals surface area contributed by atoms with Gasteiger partial charge in [0, 0.05) is 33.1 Å². The summed E-state index contributed by atoms with van der Waals surface area (Å²) < 4.78 is 46.9. The Morgan fingerprint density at radius 2 is 1.74 bits per heavy atom. The minimum absolute atomic E-state index is 0.193. The highest BCUT2D eigenvalue weighted by atomic mass is 32.2. The molecule has 1 aromatic heterocycles. The van der Waals surface area contributed by atoms with Crippen molar-refractivity contribution in [3.8, 4) is 0 Å². The first-order valence-corrected chi connectivity index (χ1v) is 12.2. The van der Waals surface area contributed by atoms with Crippen molar-refractivity contribution in [2.75, 3.05) is 36.4 Å². The van der Waals surface area contributed by atoms with Crippen LogP contribution in [0, 0.1) is 12.7 Å².